The standard InChI is InChI=1S/C24H21ClN4O2S/c1-15-22(32-14-28-15)20-12-17(8-9-26-20)24(30)29-10-4-7-21(29)23-27-13-18(31-23)11-16-5-2-3-6-19(16)25/h2-3,5-6,8-9,12-14,21H,4,7,10-11H2,1H3/t21-/m0/s1. The first-order chi connectivity index (χ1) is 15.6. The second-order valence-corrected chi connectivity index (χ2v) is 9.05. The van der Waals surface area contributed by atoms with Gasteiger partial charge in [-0.05, 0) is 43.5 Å². The van der Waals surface area contributed by atoms with E-state index in [0.29, 0.717) is 29.4 Å². The SMILES string of the molecule is Cc1ncsc1-c1cc(C(=O)N2CCC[C@H]2c2ncc(Cc3ccccc3Cl)o2)ccn1. The van der Waals surface area contributed by atoms with Crippen LogP contribution in [0.2, 0.25) is 5.02 Å². The average molecular weight is 465 g/mol. The van der Waals surface area contributed by atoms with Crippen LogP contribution in [0.25, 0.3) is 10.6 Å². The minimum atomic E-state index is -0.177. The quantitative estimate of drug-likeness (QED) is 0.377. The molecule has 0 unspecified atom stereocenters. The molecule has 1 atom stereocenters. The number of nitrogens with zero attached hydrogens (tertiary/aromatic N) is 4. The van der Waals surface area contributed by atoms with Crippen LogP contribution in [-0.2, 0) is 6.42 Å². The Morgan fingerprint density at radius 3 is 2.94 bits per heavy atom. The molecule has 1 aliphatic rings. The first kappa shape index (κ1) is 20.8. The molecule has 3 aromatic heterocycles. The van der Waals surface area contributed by atoms with Gasteiger partial charge in [0.1, 0.15) is 11.8 Å². The molecule has 4 heterocycles. The lowest BCUT2D eigenvalue weighted by Crippen LogP contribution is -2.30. The second-order valence-electron chi connectivity index (χ2n) is 7.79. The maximum absolute atomic E-state index is 13.4. The molecule has 162 valence electrons. The monoisotopic (exact) mass is 464 g/mol. The zero-order valence-corrected chi connectivity index (χ0v) is 19.1. The zero-order chi connectivity index (χ0) is 22.1. The van der Waals surface area contributed by atoms with E-state index >= 15 is 0 Å². The lowest BCUT2D eigenvalue weighted by Gasteiger charge is -2.22. The Labute approximate surface area is 194 Å². The second kappa shape index (κ2) is 8.84. The van der Waals surface area contributed by atoms with Crippen molar-refractivity contribution in [1.82, 2.24) is 19.9 Å². The third-order valence-electron chi connectivity index (χ3n) is 5.68. The fraction of sp³-hybridized carbons (Fsp3) is 0.250. The highest BCUT2D eigenvalue weighted by Crippen LogP contribution is 2.34. The van der Waals surface area contributed by atoms with Crippen molar-refractivity contribution in [2.45, 2.75) is 32.2 Å². The molecule has 1 aromatic carbocycles. The van der Waals surface area contributed by atoms with Gasteiger partial charge < -0.3 is 9.32 Å². The van der Waals surface area contributed by atoms with Crippen LogP contribution in [0.3, 0.4) is 0 Å². The zero-order valence-electron chi connectivity index (χ0n) is 17.5. The van der Waals surface area contributed by atoms with Crippen LogP contribution >= 0.6 is 22.9 Å². The number of amides is 1. The summed E-state index contributed by atoms with van der Waals surface area (Å²) in [6.45, 7) is 2.62. The number of hydrogen-bond acceptors (Lipinski definition) is 6. The summed E-state index contributed by atoms with van der Waals surface area (Å²) in [6.07, 6.45) is 5.71. The average Bonchev–Trinajstić information content (AvgIpc) is 3.55. The predicted molar refractivity (Wildman–Crippen MR) is 124 cm³/mol. The summed E-state index contributed by atoms with van der Waals surface area (Å²) >= 11 is 7.80. The smallest absolute Gasteiger partial charge is 0.254 e. The number of benzene rings is 1. The highest BCUT2D eigenvalue weighted by atomic mass is 35.5. The lowest BCUT2D eigenvalue weighted by atomic mass is 10.1. The van der Waals surface area contributed by atoms with Crippen molar-refractivity contribution in [1.29, 1.82) is 0 Å². The van der Waals surface area contributed by atoms with Gasteiger partial charge in [0.2, 0.25) is 5.89 Å². The first-order valence-corrected chi connectivity index (χ1v) is 11.7. The molecule has 1 aliphatic heterocycles. The van der Waals surface area contributed by atoms with E-state index in [-0.39, 0.29) is 11.9 Å². The third-order valence-corrected chi connectivity index (χ3v) is 7.00. The van der Waals surface area contributed by atoms with Crippen LogP contribution in [0.15, 0.2) is 58.7 Å². The van der Waals surface area contributed by atoms with E-state index in [9.17, 15) is 4.79 Å². The minimum absolute atomic E-state index is 0.0378. The Balaban J connectivity index is 1.36. The number of thiazole rings is 1. The van der Waals surface area contributed by atoms with Gasteiger partial charge in [0.15, 0.2) is 0 Å². The van der Waals surface area contributed by atoms with E-state index in [0.717, 1.165) is 40.4 Å². The van der Waals surface area contributed by atoms with Gasteiger partial charge in [0.25, 0.3) is 5.91 Å². The molecular formula is C24H21ClN4O2S. The minimum Gasteiger partial charge on any atom is -0.443 e. The van der Waals surface area contributed by atoms with Gasteiger partial charge in [-0.25, -0.2) is 9.97 Å². The number of halogens is 1. The number of likely N-dealkylation sites (tertiary alicyclic amines) is 1. The van der Waals surface area contributed by atoms with Crippen molar-refractivity contribution in [3.8, 4) is 10.6 Å². The number of rotatable bonds is 5. The highest BCUT2D eigenvalue weighted by molar-refractivity contribution is 7.13. The molecule has 1 fully saturated rings. The van der Waals surface area contributed by atoms with Crippen LogP contribution < -0.4 is 0 Å². The van der Waals surface area contributed by atoms with Gasteiger partial charge in [-0.15, -0.1) is 11.3 Å². The fourth-order valence-electron chi connectivity index (χ4n) is 4.06. The van der Waals surface area contributed by atoms with Crippen molar-refractivity contribution in [3.63, 3.8) is 0 Å². The van der Waals surface area contributed by atoms with Crippen LogP contribution in [0.1, 0.15) is 52.1 Å². The largest absolute Gasteiger partial charge is 0.443 e. The van der Waals surface area contributed by atoms with Gasteiger partial charge in [0, 0.05) is 29.7 Å². The van der Waals surface area contributed by atoms with E-state index < -0.39 is 0 Å². The van der Waals surface area contributed by atoms with Gasteiger partial charge in [-0.2, -0.15) is 0 Å². The van der Waals surface area contributed by atoms with Gasteiger partial charge in [-0.3, -0.25) is 9.78 Å². The molecule has 0 aliphatic carbocycles. The molecule has 6 nitrogen and oxygen atoms in total. The molecule has 0 N–H and O–H groups in total. The molecule has 0 bridgehead atoms. The lowest BCUT2D eigenvalue weighted by molar-refractivity contribution is 0.0714. The Kier molecular flexibility index (Phi) is 5.76. The highest BCUT2D eigenvalue weighted by Gasteiger charge is 2.34. The van der Waals surface area contributed by atoms with Crippen molar-refractivity contribution in [2.24, 2.45) is 0 Å². The summed E-state index contributed by atoms with van der Waals surface area (Å²) in [6, 6.07) is 11.1. The Bertz CT molecular complexity index is 1270. The molecular weight excluding hydrogens is 444 g/mol. The normalized spacial score (nSPS) is 15.9. The first-order valence-electron chi connectivity index (χ1n) is 10.5. The molecule has 1 amide bonds. The summed E-state index contributed by atoms with van der Waals surface area (Å²) in [5.74, 6) is 1.27. The van der Waals surface area contributed by atoms with Crippen LogP contribution in [0.5, 0.6) is 0 Å². The number of carbonyl (C=O) groups is 1. The third kappa shape index (κ3) is 4.06. The maximum atomic E-state index is 13.4. The van der Waals surface area contributed by atoms with E-state index in [1.54, 1.807) is 24.0 Å². The van der Waals surface area contributed by atoms with E-state index in [1.165, 1.54) is 11.3 Å². The maximum Gasteiger partial charge on any atom is 0.254 e. The Morgan fingerprint density at radius 2 is 2.12 bits per heavy atom. The molecule has 4 aromatic rings. The van der Waals surface area contributed by atoms with Crippen molar-refractivity contribution < 1.29 is 9.21 Å². The molecule has 5 rings (SSSR count). The van der Waals surface area contributed by atoms with E-state index in [2.05, 4.69) is 15.0 Å². The molecule has 8 heteroatoms. The van der Waals surface area contributed by atoms with Crippen molar-refractivity contribution in [2.75, 3.05) is 6.54 Å². The summed E-state index contributed by atoms with van der Waals surface area (Å²) in [4.78, 5) is 29.4. The van der Waals surface area contributed by atoms with E-state index in [4.69, 9.17) is 16.0 Å². The number of aromatic nitrogens is 3. The number of oxazole rings is 1. The van der Waals surface area contributed by atoms with Crippen LogP contribution in [0.4, 0.5) is 0 Å². The van der Waals surface area contributed by atoms with E-state index in [1.807, 2.05) is 42.2 Å². The van der Waals surface area contributed by atoms with Gasteiger partial charge in [0.05, 0.1) is 28.0 Å². The summed E-state index contributed by atoms with van der Waals surface area (Å²) in [7, 11) is 0. The fourth-order valence-corrected chi connectivity index (χ4v) is 5.03. The van der Waals surface area contributed by atoms with Crippen LogP contribution in [0, 0.1) is 6.92 Å². The summed E-state index contributed by atoms with van der Waals surface area (Å²) in [5.41, 5.74) is 5.07. The molecule has 0 saturated carbocycles. The number of hydrogen-bond donors (Lipinski definition) is 0. The van der Waals surface area contributed by atoms with Gasteiger partial charge >= 0.3 is 0 Å². The number of pyridine rings is 1. The Hall–Kier alpha value is -3.03. The van der Waals surface area contributed by atoms with Crippen molar-refractivity contribution in [3.05, 3.63) is 87.8 Å². The van der Waals surface area contributed by atoms with Crippen molar-refractivity contribution >= 4 is 28.8 Å². The molecule has 0 radical (unpaired) electrons. The summed E-state index contributed by atoms with van der Waals surface area (Å²) in [5, 5.41) is 0.702. The molecule has 0 spiro atoms. The van der Waals surface area contributed by atoms with Crippen LogP contribution in [-0.4, -0.2) is 32.3 Å². The Morgan fingerprint density at radius 1 is 1.25 bits per heavy atom. The predicted octanol–water partition coefficient (Wildman–Crippen LogP) is 5.72. The number of aryl methyl sites for hydroxylation is 1. The topological polar surface area (TPSA) is 72.1 Å². The summed E-state index contributed by atoms with van der Waals surface area (Å²) < 4.78 is 6.06. The molecule has 32 heavy (non-hydrogen) atoms. The molecule has 1 saturated heterocycles. The number of carbonyl (C=O) groups excluding carboxylic acids is 1. The van der Waals surface area contributed by atoms with Gasteiger partial charge in [-0.1, -0.05) is 29.8 Å².